The Balaban J connectivity index is 0.000000108. The quantitative estimate of drug-likeness (QED) is 0.100. The lowest BCUT2D eigenvalue weighted by Gasteiger charge is -2.14. The first-order valence-corrected chi connectivity index (χ1v) is 50.6. The van der Waals surface area contributed by atoms with Gasteiger partial charge in [-0.2, -0.15) is 0 Å². The number of benzene rings is 18. The summed E-state index contributed by atoms with van der Waals surface area (Å²) in [5.74, 6) is 1.52. The molecular formula is C137H89N13. The van der Waals surface area contributed by atoms with Crippen LogP contribution in [0.4, 0.5) is 0 Å². The molecule has 13 heteroatoms. The number of nitrogens with zero attached hydrogens (tertiary/aromatic N) is 13. The highest BCUT2D eigenvalue weighted by molar-refractivity contribution is 6.16. The van der Waals surface area contributed by atoms with Gasteiger partial charge < -0.3 is 13.7 Å². The van der Waals surface area contributed by atoms with E-state index in [-0.39, 0.29) is 0 Å². The fraction of sp³-hybridized carbons (Fsp3) is 0. The van der Waals surface area contributed by atoms with Gasteiger partial charge in [0.15, 0.2) is 5.82 Å². The van der Waals surface area contributed by atoms with Gasteiger partial charge in [-0.3, -0.25) is 13.7 Å². The van der Waals surface area contributed by atoms with Crippen molar-refractivity contribution in [2.75, 3.05) is 0 Å². The molecule has 0 aliphatic rings. The molecule has 0 aliphatic heterocycles. The van der Waals surface area contributed by atoms with E-state index in [1.165, 1.54) is 65.4 Å². The van der Waals surface area contributed by atoms with E-state index in [1.54, 1.807) is 0 Å². The maximum atomic E-state index is 5.30. The summed E-state index contributed by atoms with van der Waals surface area (Å²) in [4.78, 5) is 35.4. The molecule has 0 fully saturated rings. The van der Waals surface area contributed by atoms with Gasteiger partial charge in [0.25, 0.3) is 0 Å². The van der Waals surface area contributed by atoms with Crippen LogP contribution in [-0.2, 0) is 0 Å². The van der Waals surface area contributed by atoms with Crippen molar-refractivity contribution in [2.45, 2.75) is 0 Å². The predicted octanol–water partition coefficient (Wildman–Crippen LogP) is 34.4. The predicted molar refractivity (Wildman–Crippen MR) is 619 cm³/mol. The average Bonchev–Trinajstić information content (AvgIpc) is 1.58. The minimum Gasteiger partial charge on any atom is -0.309 e. The van der Waals surface area contributed by atoms with E-state index in [1.807, 2.05) is 97.6 Å². The maximum Gasteiger partial charge on any atom is 0.159 e. The van der Waals surface area contributed by atoms with Gasteiger partial charge in [0.05, 0.1) is 90.0 Å². The lowest BCUT2D eigenvalue weighted by atomic mass is 10.0. The molecule has 0 radical (unpaired) electrons. The highest BCUT2D eigenvalue weighted by Crippen LogP contribution is 2.46. The number of para-hydroxylation sites is 6. The van der Waals surface area contributed by atoms with E-state index in [2.05, 4.69) is 470 Å². The normalized spacial score (nSPS) is 11.6. The van der Waals surface area contributed by atoms with Gasteiger partial charge in [0.1, 0.15) is 22.8 Å². The van der Waals surface area contributed by atoms with Crippen LogP contribution in [0.3, 0.4) is 0 Å². The molecule has 150 heavy (non-hydrogen) atoms. The van der Waals surface area contributed by atoms with Crippen molar-refractivity contribution < 1.29 is 0 Å². The molecule has 0 atom stereocenters. The second kappa shape index (κ2) is 37.1. The van der Waals surface area contributed by atoms with Crippen LogP contribution in [0.5, 0.6) is 0 Å². The average molecular weight is 1920 g/mol. The summed E-state index contributed by atoms with van der Waals surface area (Å²) in [7, 11) is 0. The van der Waals surface area contributed by atoms with E-state index in [4.69, 9.17) is 34.9 Å². The first kappa shape index (κ1) is 87.4. The molecule has 0 unspecified atom stereocenters. The van der Waals surface area contributed by atoms with Gasteiger partial charge in [-0.05, 0) is 196 Å². The van der Waals surface area contributed by atoms with Crippen LogP contribution in [0.1, 0.15) is 0 Å². The Kier molecular flexibility index (Phi) is 21.6. The summed E-state index contributed by atoms with van der Waals surface area (Å²) >= 11 is 0. The van der Waals surface area contributed by atoms with Crippen LogP contribution in [0.15, 0.2) is 540 Å². The van der Waals surface area contributed by atoms with Gasteiger partial charge in [0, 0.05) is 128 Å². The van der Waals surface area contributed by atoms with Crippen LogP contribution in [-0.4, -0.2) is 62.3 Å². The van der Waals surface area contributed by atoms with Gasteiger partial charge in [0.2, 0.25) is 0 Å². The number of hydrogen-bond donors (Lipinski definition) is 0. The molecule has 12 aromatic heterocycles. The molecule has 0 saturated heterocycles. The molecule has 30 aromatic rings. The molecule has 18 aromatic carbocycles. The monoisotopic (exact) mass is 1920 g/mol. The third kappa shape index (κ3) is 15.4. The Bertz CT molecular complexity index is 9930. The summed E-state index contributed by atoms with van der Waals surface area (Å²) in [6.45, 7) is 0. The highest BCUT2D eigenvalue weighted by atomic mass is 15.1. The summed E-state index contributed by atoms with van der Waals surface area (Å²) in [5.41, 5.74) is 36.3. The molecule has 0 amide bonds. The summed E-state index contributed by atoms with van der Waals surface area (Å²) in [5, 5.41) is 14.2. The minimum atomic E-state index is 0.685. The largest absolute Gasteiger partial charge is 0.309 e. The van der Waals surface area contributed by atoms with Gasteiger partial charge in [-0.1, -0.05) is 364 Å². The third-order valence-electron chi connectivity index (χ3n) is 29.2. The molecule has 702 valence electrons. The second-order valence-corrected chi connectivity index (χ2v) is 37.9. The molecular weight excluding hydrogens is 1830 g/mol. The topological polar surface area (TPSA) is 120 Å². The molecule has 0 aliphatic carbocycles. The lowest BCUT2D eigenvalue weighted by molar-refractivity contribution is 1.06. The Morgan fingerprint density at radius 3 is 0.807 bits per heavy atom. The molecule has 0 spiro atoms. The number of aromatic nitrogens is 13. The Morgan fingerprint density at radius 1 is 0.147 bits per heavy atom. The van der Waals surface area contributed by atoms with Gasteiger partial charge in [-0.25, -0.2) is 34.9 Å². The third-order valence-corrected chi connectivity index (χ3v) is 29.2. The van der Waals surface area contributed by atoms with Crippen molar-refractivity contribution >= 4 is 131 Å². The first-order valence-electron chi connectivity index (χ1n) is 50.6. The molecule has 0 saturated carbocycles. The van der Waals surface area contributed by atoms with Crippen molar-refractivity contribution in [1.82, 2.24) is 62.3 Å². The minimum absolute atomic E-state index is 0.685. The Labute approximate surface area is 863 Å². The molecule has 13 nitrogen and oxygen atoms in total. The number of hydrogen-bond acceptors (Lipinski definition) is 7. The molecule has 0 bridgehead atoms. The zero-order valence-electron chi connectivity index (χ0n) is 81.2. The maximum absolute atomic E-state index is 5.30. The zero-order valence-corrected chi connectivity index (χ0v) is 81.2. The van der Waals surface area contributed by atoms with Crippen molar-refractivity contribution in [3.05, 3.63) is 540 Å². The van der Waals surface area contributed by atoms with E-state index < -0.39 is 0 Å². The van der Waals surface area contributed by atoms with Crippen LogP contribution >= 0.6 is 0 Å². The summed E-state index contributed by atoms with van der Waals surface area (Å²) in [6.07, 6.45) is 7.55. The van der Waals surface area contributed by atoms with Crippen molar-refractivity contribution in [3.8, 4) is 135 Å². The van der Waals surface area contributed by atoms with E-state index in [9.17, 15) is 0 Å². The number of pyridine rings is 5. The van der Waals surface area contributed by atoms with Crippen molar-refractivity contribution in [1.29, 1.82) is 0 Å². The van der Waals surface area contributed by atoms with E-state index >= 15 is 0 Å². The van der Waals surface area contributed by atoms with E-state index in [0.29, 0.717) is 5.82 Å². The zero-order chi connectivity index (χ0) is 99.1. The Hall–Kier alpha value is -20.4. The van der Waals surface area contributed by atoms with E-state index in [0.717, 1.165) is 195 Å². The molecule has 0 N–H and O–H groups in total. The van der Waals surface area contributed by atoms with Crippen LogP contribution in [0, 0.1) is 0 Å². The standard InChI is InChI=1S/2C46H30N4.C45H29N5/c1-4-13-31(14-5-1)35-27-41(32-15-6-2-7-16-32)48-45(30-35)50-44-29-34(23-25-39(44)40-20-12-26-47-46(40)50)33-22-24-38-37-19-10-11-21-42(37)49(43(38)28-33)36-17-8-3-9-18-36;1-4-13-31(14-5-1)41-29-36(30-42(48-41)32-15-6-2-7-16-32)50-45-28-34(23-25-39(45)40-20-12-26-47-46(40)50)33-22-24-38-37-19-10-11-21-43(37)49(44(38)27-33)35-17-8-3-9-18-35;1-4-13-30(14-5-1)43-42(29-47-44(48-43)31-15-6-2-7-16-31)50-41-28-33(23-25-37(41)38-20-12-26-46-45(38)50)32-22-24-36-35-19-10-11-21-39(35)49(40(36)27-32)34-17-8-3-9-18-34/h2*1-30H;1-29H. The van der Waals surface area contributed by atoms with Crippen LogP contribution < -0.4 is 0 Å². The SMILES string of the molecule is c1ccc(-c2cc(-c3ccccc3)nc(-n3c4cc(-c5ccc6c7ccccc7n(-c7ccccc7)c6c5)ccc4c4cccnc43)c2)cc1.c1ccc(-c2cc(-n3c4cc(-c5ccc6c7ccccc7n(-c7ccccc7)c6c5)ccc4c4cccnc43)cc(-c3ccccc3)n2)cc1.c1ccc(-c2ncc(-n3c4cc(-c5ccc6c7ccccc7n(-c7ccccc7)c6c5)ccc4c4cccnc43)c(-c3ccccc3)n2)cc1. The number of fused-ring (bicyclic) bond motifs is 18. The second-order valence-electron chi connectivity index (χ2n) is 37.9. The van der Waals surface area contributed by atoms with Crippen LogP contribution in [0.25, 0.3) is 266 Å². The van der Waals surface area contributed by atoms with Crippen LogP contribution in [0.2, 0.25) is 0 Å². The molecule has 30 rings (SSSR count). The lowest BCUT2D eigenvalue weighted by Crippen LogP contribution is -2.03. The first-order chi connectivity index (χ1) is 74.4. The highest BCUT2D eigenvalue weighted by Gasteiger charge is 2.27. The fourth-order valence-electron chi connectivity index (χ4n) is 22.2. The smallest absolute Gasteiger partial charge is 0.159 e. The van der Waals surface area contributed by atoms with Gasteiger partial charge >= 0.3 is 0 Å². The Morgan fingerprint density at radius 2 is 0.427 bits per heavy atom. The van der Waals surface area contributed by atoms with Gasteiger partial charge in [-0.15, -0.1) is 0 Å². The summed E-state index contributed by atoms with van der Waals surface area (Å²) < 4.78 is 13.9. The van der Waals surface area contributed by atoms with Crippen molar-refractivity contribution in [2.24, 2.45) is 0 Å². The fourth-order valence-corrected chi connectivity index (χ4v) is 22.2. The summed E-state index contributed by atoms with van der Waals surface area (Å²) in [6, 6.07) is 182. The van der Waals surface area contributed by atoms with Crippen molar-refractivity contribution in [3.63, 3.8) is 0 Å². The number of rotatable bonds is 15. The molecule has 12 heterocycles.